The highest BCUT2D eigenvalue weighted by molar-refractivity contribution is 6.63. The van der Waals surface area contributed by atoms with E-state index in [4.69, 9.17) is 15.3 Å². The second kappa shape index (κ2) is 8.54. The highest BCUT2D eigenvalue weighted by atomic mass is 19.1. The first kappa shape index (κ1) is 20.5. The van der Waals surface area contributed by atoms with Crippen LogP contribution in [-0.2, 0) is 14.3 Å². The lowest BCUT2D eigenvalue weighted by Crippen LogP contribution is -2.36. The van der Waals surface area contributed by atoms with Crippen molar-refractivity contribution in [2.24, 2.45) is 27.3 Å². The lowest BCUT2D eigenvalue weighted by molar-refractivity contribution is -0.201. The normalized spacial score (nSPS) is 20.8. The minimum atomic E-state index is -0.570. The maximum Gasteiger partial charge on any atom is 0.280 e. The zero-order valence-electron chi connectivity index (χ0n) is 16.9. The van der Waals surface area contributed by atoms with E-state index in [2.05, 4.69) is 21.9 Å². The number of aliphatic imine (C=N–C) groups is 1. The molecule has 0 aromatic heterocycles. The number of hydrogen-bond donors (Lipinski definition) is 1. The first-order chi connectivity index (χ1) is 14.5. The smallest absolute Gasteiger partial charge is 0.280 e. The third-order valence-corrected chi connectivity index (χ3v) is 5.55. The number of ether oxygens (including phenoxy) is 2. The SMILES string of the molecule is CN(C(=O)/C(C=NCC1OCC2(CC2)CO1)=N/N)c1ccc(C#CC2CC2)cc1F. The lowest BCUT2D eigenvalue weighted by atomic mass is 10.1. The molecule has 1 aliphatic heterocycles. The van der Waals surface area contributed by atoms with Crippen LogP contribution in [0.15, 0.2) is 28.3 Å². The van der Waals surface area contributed by atoms with E-state index in [1.54, 1.807) is 6.07 Å². The summed E-state index contributed by atoms with van der Waals surface area (Å²) in [6.07, 6.45) is 5.30. The van der Waals surface area contributed by atoms with Gasteiger partial charge in [-0.3, -0.25) is 9.79 Å². The predicted molar refractivity (Wildman–Crippen MR) is 112 cm³/mol. The topological polar surface area (TPSA) is 89.5 Å². The molecular weight excluding hydrogens is 387 g/mol. The Morgan fingerprint density at radius 3 is 2.70 bits per heavy atom. The fraction of sp³-hybridized carbons (Fsp3) is 0.500. The van der Waals surface area contributed by atoms with Crippen LogP contribution in [0.4, 0.5) is 10.1 Å². The Hall–Kier alpha value is -2.76. The van der Waals surface area contributed by atoms with Crippen LogP contribution in [0.3, 0.4) is 0 Å². The van der Waals surface area contributed by atoms with Crippen LogP contribution in [0, 0.1) is 29.0 Å². The Morgan fingerprint density at radius 1 is 1.37 bits per heavy atom. The molecule has 1 saturated heterocycles. The van der Waals surface area contributed by atoms with Crippen molar-refractivity contribution in [2.75, 3.05) is 31.7 Å². The average Bonchev–Trinajstić information content (AvgIpc) is 3.68. The van der Waals surface area contributed by atoms with Gasteiger partial charge < -0.3 is 20.2 Å². The lowest BCUT2D eigenvalue weighted by Gasteiger charge is -2.28. The molecule has 2 N–H and O–H groups in total. The summed E-state index contributed by atoms with van der Waals surface area (Å²) in [6.45, 7) is 1.58. The number of hydrazone groups is 1. The molecule has 3 aliphatic rings. The van der Waals surface area contributed by atoms with Gasteiger partial charge in [0, 0.05) is 23.9 Å². The minimum absolute atomic E-state index is 0.0935. The summed E-state index contributed by atoms with van der Waals surface area (Å²) in [5, 5.41) is 3.50. The number of nitrogens with zero attached hydrogens (tertiary/aromatic N) is 3. The number of amides is 1. The minimum Gasteiger partial charge on any atom is -0.350 e. The molecule has 8 heteroatoms. The Balaban J connectivity index is 1.35. The molecule has 0 radical (unpaired) electrons. The third-order valence-electron chi connectivity index (χ3n) is 5.55. The molecule has 0 unspecified atom stereocenters. The van der Waals surface area contributed by atoms with Crippen LogP contribution < -0.4 is 10.7 Å². The van der Waals surface area contributed by atoms with E-state index in [0.29, 0.717) is 24.7 Å². The summed E-state index contributed by atoms with van der Waals surface area (Å²) in [7, 11) is 1.46. The van der Waals surface area contributed by atoms with Crippen molar-refractivity contribution in [1.29, 1.82) is 0 Å². The van der Waals surface area contributed by atoms with Crippen molar-refractivity contribution < 1.29 is 18.7 Å². The van der Waals surface area contributed by atoms with Crippen molar-refractivity contribution in [1.82, 2.24) is 0 Å². The third kappa shape index (κ3) is 4.86. The van der Waals surface area contributed by atoms with Crippen LogP contribution >= 0.6 is 0 Å². The molecule has 30 heavy (non-hydrogen) atoms. The zero-order chi connectivity index (χ0) is 21.1. The van der Waals surface area contributed by atoms with Crippen molar-refractivity contribution in [2.45, 2.75) is 32.0 Å². The molecule has 1 heterocycles. The summed E-state index contributed by atoms with van der Waals surface area (Å²) < 4.78 is 25.8. The molecule has 0 atom stereocenters. The van der Waals surface area contributed by atoms with Gasteiger partial charge in [-0.05, 0) is 43.9 Å². The molecule has 1 amide bonds. The first-order valence-electron chi connectivity index (χ1n) is 10.1. The van der Waals surface area contributed by atoms with Crippen LogP contribution in [0.25, 0.3) is 0 Å². The zero-order valence-corrected chi connectivity index (χ0v) is 16.9. The molecule has 2 saturated carbocycles. The van der Waals surface area contributed by atoms with Crippen molar-refractivity contribution in [3.8, 4) is 11.8 Å². The van der Waals surface area contributed by atoms with Crippen molar-refractivity contribution in [3.05, 3.63) is 29.6 Å². The van der Waals surface area contributed by atoms with Crippen LogP contribution in [0.2, 0.25) is 0 Å². The second-order valence-corrected chi connectivity index (χ2v) is 8.13. The van der Waals surface area contributed by atoms with E-state index < -0.39 is 18.0 Å². The quantitative estimate of drug-likeness (QED) is 0.347. The first-order valence-corrected chi connectivity index (χ1v) is 10.1. The van der Waals surface area contributed by atoms with Crippen LogP contribution in [0.5, 0.6) is 0 Å². The Kier molecular flexibility index (Phi) is 5.84. The fourth-order valence-corrected chi connectivity index (χ4v) is 3.12. The van der Waals surface area contributed by atoms with Gasteiger partial charge in [-0.1, -0.05) is 11.8 Å². The molecule has 1 aromatic carbocycles. The summed E-state index contributed by atoms with van der Waals surface area (Å²) in [6, 6.07) is 4.54. The van der Waals surface area contributed by atoms with E-state index in [1.807, 2.05) is 0 Å². The van der Waals surface area contributed by atoms with E-state index in [0.717, 1.165) is 30.6 Å². The monoisotopic (exact) mass is 412 g/mol. The van der Waals surface area contributed by atoms with Crippen LogP contribution in [-0.4, -0.2) is 50.9 Å². The maximum atomic E-state index is 14.5. The van der Waals surface area contributed by atoms with Gasteiger partial charge in [0.25, 0.3) is 5.91 Å². The van der Waals surface area contributed by atoms with Crippen LogP contribution in [0.1, 0.15) is 31.2 Å². The molecule has 4 rings (SSSR count). The Bertz CT molecular complexity index is 931. The highest BCUT2D eigenvalue weighted by Crippen LogP contribution is 2.48. The van der Waals surface area contributed by atoms with E-state index in [-0.39, 0.29) is 23.4 Å². The number of halogens is 1. The average molecular weight is 412 g/mol. The number of carbonyl (C=O) groups is 1. The van der Waals surface area contributed by atoms with E-state index in [1.165, 1.54) is 25.4 Å². The summed E-state index contributed by atoms with van der Waals surface area (Å²) in [5.74, 6) is 10.7. The molecule has 1 spiro atoms. The summed E-state index contributed by atoms with van der Waals surface area (Å²) in [5.41, 5.74) is 0.814. The predicted octanol–water partition coefficient (Wildman–Crippen LogP) is 2.09. The number of benzene rings is 1. The summed E-state index contributed by atoms with van der Waals surface area (Å²) >= 11 is 0. The van der Waals surface area contributed by atoms with Gasteiger partial charge in [-0.25, -0.2) is 4.39 Å². The largest absolute Gasteiger partial charge is 0.350 e. The van der Waals surface area contributed by atoms with Crippen molar-refractivity contribution in [3.63, 3.8) is 0 Å². The molecule has 2 aliphatic carbocycles. The second-order valence-electron chi connectivity index (χ2n) is 8.13. The van der Waals surface area contributed by atoms with Gasteiger partial charge in [-0.2, -0.15) is 5.10 Å². The molecular formula is C22H25FN4O3. The van der Waals surface area contributed by atoms with Gasteiger partial charge >= 0.3 is 0 Å². The maximum absolute atomic E-state index is 14.5. The highest BCUT2D eigenvalue weighted by Gasteiger charge is 2.46. The molecule has 0 bridgehead atoms. The molecule has 3 fully saturated rings. The number of carbonyl (C=O) groups excluding carboxylic acids is 1. The number of hydrogen-bond acceptors (Lipinski definition) is 6. The standard InChI is InChI=1S/C22H25FN4O3/c1-27(19-7-6-16(10-17(19)23)5-4-15-2-3-15)21(28)18(26-24)11-25-12-20-29-13-22(8-9-22)14-30-20/h6-7,10-11,15,20H,2-3,8-9,12-14,24H2,1H3/b25-11?,26-18+. The Morgan fingerprint density at radius 2 is 2.10 bits per heavy atom. The van der Waals surface area contributed by atoms with E-state index in [9.17, 15) is 9.18 Å². The van der Waals surface area contributed by atoms with Gasteiger partial charge in [0.2, 0.25) is 0 Å². The van der Waals surface area contributed by atoms with E-state index >= 15 is 0 Å². The van der Waals surface area contributed by atoms with Gasteiger partial charge in [0.05, 0.1) is 31.7 Å². The number of rotatable bonds is 5. The molecule has 158 valence electrons. The number of nitrogens with two attached hydrogens (primary N) is 1. The summed E-state index contributed by atoms with van der Waals surface area (Å²) in [4.78, 5) is 18.0. The van der Waals surface area contributed by atoms with Gasteiger partial charge in [0.1, 0.15) is 5.82 Å². The van der Waals surface area contributed by atoms with Gasteiger partial charge in [-0.15, -0.1) is 0 Å². The van der Waals surface area contributed by atoms with Crippen molar-refractivity contribution >= 4 is 23.5 Å². The molecule has 1 aromatic rings. The molecule has 7 nitrogen and oxygen atoms in total. The van der Waals surface area contributed by atoms with Gasteiger partial charge in [0.15, 0.2) is 12.0 Å². The Labute approximate surface area is 175 Å². The fourth-order valence-electron chi connectivity index (χ4n) is 3.12. The number of anilines is 1.